The fourth-order valence-electron chi connectivity index (χ4n) is 4.04. The van der Waals surface area contributed by atoms with Crippen LogP contribution in [0.4, 0.5) is 0 Å². The molecule has 208 valence electrons. The van der Waals surface area contributed by atoms with Crippen LogP contribution in [-0.4, -0.2) is 62.3 Å². The van der Waals surface area contributed by atoms with Gasteiger partial charge in [-0.15, -0.1) is 4.52 Å². The molecule has 0 aliphatic carbocycles. The lowest BCUT2D eigenvalue weighted by atomic mass is 9.97. The highest BCUT2D eigenvalue weighted by Crippen LogP contribution is 2.32. The summed E-state index contributed by atoms with van der Waals surface area (Å²) < 4.78 is 44.4. The SMILES string of the molecule is CO[C@H]1O[C@H](CO[P+](=O)[O-])[C@@H](OC(=O)c2ccccc2)[C@H](OC(=O)c2ccccc2)[C@H]1OC(=O)c1ccccc1. The lowest BCUT2D eigenvalue weighted by Gasteiger charge is -2.43. The second-order valence-electron chi connectivity index (χ2n) is 8.51. The van der Waals surface area contributed by atoms with Crippen molar-refractivity contribution < 1.29 is 52.1 Å². The summed E-state index contributed by atoms with van der Waals surface area (Å²) in [5.41, 5.74) is 0.522. The number of benzene rings is 3. The van der Waals surface area contributed by atoms with E-state index >= 15 is 0 Å². The number of ether oxygens (including phenoxy) is 5. The highest BCUT2D eigenvalue weighted by Gasteiger charge is 2.53. The van der Waals surface area contributed by atoms with Crippen LogP contribution in [0.25, 0.3) is 0 Å². The van der Waals surface area contributed by atoms with Crippen LogP contribution in [-0.2, 0) is 32.8 Å². The molecule has 1 unspecified atom stereocenters. The Morgan fingerprint density at radius 3 is 1.50 bits per heavy atom. The average Bonchev–Trinajstić information content (AvgIpc) is 2.99. The van der Waals surface area contributed by atoms with Crippen LogP contribution < -0.4 is 4.89 Å². The van der Waals surface area contributed by atoms with E-state index in [1.165, 1.54) is 43.5 Å². The number of carbonyl (C=O) groups is 3. The van der Waals surface area contributed by atoms with E-state index in [0.29, 0.717) is 0 Å². The summed E-state index contributed by atoms with van der Waals surface area (Å²) >= 11 is 0. The van der Waals surface area contributed by atoms with Gasteiger partial charge in [0.05, 0.1) is 16.7 Å². The van der Waals surface area contributed by atoms with Crippen molar-refractivity contribution >= 4 is 26.2 Å². The van der Waals surface area contributed by atoms with Gasteiger partial charge in [-0.1, -0.05) is 54.6 Å². The van der Waals surface area contributed by atoms with Crippen molar-refractivity contribution in [3.8, 4) is 0 Å². The Labute approximate surface area is 230 Å². The molecule has 1 saturated heterocycles. The molecular formula is C28H25O11P. The van der Waals surface area contributed by atoms with E-state index in [4.69, 9.17) is 28.2 Å². The Bertz CT molecular complexity index is 1300. The minimum absolute atomic E-state index is 0.164. The number of carbonyl (C=O) groups excluding carboxylic acids is 3. The second-order valence-corrected chi connectivity index (χ2v) is 9.21. The van der Waals surface area contributed by atoms with E-state index in [2.05, 4.69) is 0 Å². The molecule has 0 bridgehead atoms. The van der Waals surface area contributed by atoms with Crippen LogP contribution >= 0.6 is 8.25 Å². The molecule has 1 fully saturated rings. The third kappa shape index (κ3) is 7.35. The Morgan fingerprint density at radius 2 is 1.10 bits per heavy atom. The maximum absolute atomic E-state index is 13.2. The van der Waals surface area contributed by atoms with Crippen LogP contribution in [0.3, 0.4) is 0 Å². The van der Waals surface area contributed by atoms with E-state index in [-0.39, 0.29) is 16.7 Å². The molecule has 3 aromatic rings. The first-order valence-electron chi connectivity index (χ1n) is 12.1. The van der Waals surface area contributed by atoms with Crippen molar-refractivity contribution in [3.05, 3.63) is 108 Å². The fraction of sp³-hybridized carbons (Fsp3) is 0.250. The molecule has 40 heavy (non-hydrogen) atoms. The standard InChI is InChI=1S/C28H25O11P/c1-34-28-24(39-27(31)20-15-9-4-10-16-20)23(38-26(30)19-13-7-3-8-14-19)22(21(36-28)17-35-40(32)33)37-25(29)18-11-5-2-6-12-18/h2-16,21-24,28H,17H2,1H3/t21-,22-,23+,24-,28+/m1/s1. The minimum Gasteiger partial charge on any atom is -0.566 e. The van der Waals surface area contributed by atoms with Gasteiger partial charge >= 0.3 is 26.2 Å². The van der Waals surface area contributed by atoms with Crippen molar-refractivity contribution in [2.24, 2.45) is 0 Å². The van der Waals surface area contributed by atoms with E-state index in [0.717, 1.165) is 0 Å². The predicted octanol–water partition coefficient (Wildman–Crippen LogP) is 3.07. The molecule has 0 N–H and O–H groups in total. The molecule has 11 nitrogen and oxygen atoms in total. The summed E-state index contributed by atoms with van der Waals surface area (Å²) in [5.74, 6) is -2.43. The van der Waals surface area contributed by atoms with E-state index in [1.54, 1.807) is 54.6 Å². The maximum Gasteiger partial charge on any atom is 0.488 e. The molecule has 0 amide bonds. The van der Waals surface area contributed by atoms with Crippen molar-refractivity contribution in [2.45, 2.75) is 30.7 Å². The van der Waals surface area contributed by atoms with Crippen LogP contribution in [0, 0.1) is 0 Å². The topological polar surface area (TPSA) is 147 Å². The predicted molar refractivity (Wildman–Crippen MR) is 136 cm³/mol. The number of hydrogen-bond acceptors (Lipinski definition) is 11. The monoisotopic (exact) mass is 568 g/mol. The molecule has 0 spiro atoms. The Hall–Kier alpha value is -3.99. The fourth-order valence-corrected chi connectivity index (χ4v) is 4.30. The van der Waals surface area contributed by atoms with Gasteiger partial charge in [-0.25, -0.2) is 14.4 Å². The Balaban J connectivity index is 1.72. The average molecular weight is 568 g/mol. The molecule has 1 heterocycles. The first-order valence-corrected chi connectivity index (χ1v) is 13.2. The van der Waals surface area contributed by atoms with E-state index in [9.17, 15) is 23.8 Å². The second kappa shape index (κ2) is 13.9. The molecule has 12 heteroatoms. The van der Waals surface area contributed by atoms with Gasteiger partial charge in [0.1, 0.15) is 12.7 Å². The molecule has 3 aromatic carbocycles. The zero-order valence-corrected chi connectivity index (χ0v) is 22.1. The summed E-state index contributed by atoms with van der Waals surface area (Å²) in [5, 5.41) is 0. The van der Waals surface area contributed by atoms with Crippen LogP contribution in [0.1, 0.15) is 31.1 Å². The summed E-state index contributed by atoms with van der Waals surface area (Å²) in [4.78, 5) is 50.5. The number of hydrogen-bond donors (Lipinski definition) is 0. The van der Waals surface area contributed by atoms with Gasteiger partial charge in [-0.2, -0.15) is 0 Å². The van der Waals surface area contributed by atoms with E-state index in [1.807, 2.05) is 0 Å². The van der Waals surface area contributed by atoms with Gasteiger partial charge in [0, 0.05) is 7.11 Å². The normalized spacial score (nSPS) is 22.6. The summed E-state index contributed by atoms with van der Waals surface area (Å²) in [6.07, 6.45) is -7.06. The largest absolute Gasteiger partial charge is 0.566 e. The van der Waals surface area contributed by atoms with Crippen molar-refractivity contribution in [1.82, 2.24) is 0 Å². The van der Waals surface area contributed by atoms with Gasteiger partial charge in [0.2, 0.25) is 0 Å². The molecule has 0 saturated carbocycles. The zero-order valence-electron chi connectivity index (χ0n) is 21.2. The molecule has 1 aliphatic rings. The van der Waals surface area contributed by atoms with Crippen LogP contribution in [0.5, 0.6) is 0 Å². The minimum atomic E-state index is -3.30. The first-order chi connectivity index (χ1) is 19.4. The summed E-state index contributed by atoms with van der Waals surface area (Å²) in [6, 6.07) is 23.9. The van der Waals surface area contributed by atoms with Gasteiger partial charge in [-0.3, -0.25) is 0 Å². The molecule has 4 rings (SSSR count). The van der Waals surface area contributed by atoms with Crippen LogP contribution in [0.2, 0.25) is 0 Å². The Kier molecular flexibility index (Phi) is 10.1. The lowest BCUT2D eigenvalue weighted by Crippen LogP contribution is -2.62. The third-order valence-electron chi connectivity index (χ3n) is 5.93. The smallest absolute Gasteiger partial charge is 0.488 e. The molecule has 0 aromatic heterocycles. The molecule has 1 aliphatic heterocycles. The van der Waals surface area contributed by atoms with Gasteiger partial charge < -0.3 is 28.6 Å². The van der Waals surface area contributed by atoms with Crippen molar-refractivity contribution in [3.63, 3.8) is 0 Å². The van der Waals surface area contributed by atoms with Crippen molar-refractivity contribution in [1.29, 1.82) is 0 Å². The van der Waals surface area contributed by atoms with Crippen molar-refractivity contribution in [2.75, 3.05) is 13.7 Å². The van der Waals surface area contributed by atoms with Gasteiger partial charge in [0.25, 0.3) is 0 Å². The summed E-state index contributed by atoms with van der Waals surface area (Å²) in [7, 11) is -2.05. The van der Waals surface area contributed by atoms with E-state index < -0.39 is 63.5 Å². The number of esters is 3. The highest BCUT2D eigenvalue weighted by atomic mass is 31.1. The highest BCUT2D eigenvalue weighted by molar-refractivity contribution is 7.30. The quantitative estimate of drug-likeness (QED) is 0.202. The summed E-state index contributed by atoms with van der Waals surface area (Å²) in [6.45, 7) is -0.607. The molecule has 6 atom stereocenters. The molecule has 0 radical (unpaired) electrons. The lowest BCUT2D eigenvalue weighted by molar-refractivity contribution is -0.292. The molecular weight excluding hydrogens is 543 g/mol. The number of rotatable bonds is 10. The maximum atomic E-state index is 13.2. The van der Waals surface area contributed by atoms with Gasteiger partial charge in [-0.05, 0) is 41.0 Å². The van der Waals surface area contributed by atoms with Gasteiger partial charge in [0.15, 0.2) is 24.6 Å². The van der Waals surface area contributed by atoms with Crippen LogP contribution in [0.15, 0.2) is 91.0 Å². The number of methoxy groups -OCH3 is 1. The zero-order chi connectivity index (χ0) is 28.5. The first kappa shape index (κ1) is 29.0. The third-order valence-corrected chi connectivity index (χ3v) is 6.29. The Morgan fingerprint density at radius 1 is 0.700 bits per heavy atom.